The molecule has 0 radical (unpaired) electrons. The number of rotatable bonds is 7. The second kappa shape index (κ2) is 8.80. The molecule has 2 heterocycles. The van der Waals surface area contributed by atoms with Crippen LogP contribution in [0, 0.1) is 6.92 Å². The van der Waals surface area contributed by atoms with Crippen LogP contribution in [0.2, 0.25) is 0 Å². The molecule has 0 aliphatic heterocycles. The molecule has 0 saturated heterocycles. The van der Waals surface area contributed by atoms with Gasteiger partial charge in [-0.1, -0.05) is 29.4 Å². The smallest absolute Gasteiger partial charge is 0.223 e. The van der Waals surface area contributed by atoms with Crippen LogP contribution >= 0.6 is 0 Å². The first-order valence-corrected chi connectivity index (χ1v) is 8.60. The zero-order valence-corrected chi connectivity index (χ0v) is 15.0. The van der Waals surface area contributed by atoms with Crippen molar-refractivity contribution < 1.29 is 4.52 Å². The summed E-state index contributed by atoms with van der Waals surface area (Å²) >= 11 is 0. The maximum atomic E-state index is 4.98. The van der Waals surface area contributed by atoms with Gasteiger partial charge in [0.15, 0.2) is 11.8 Å². The van der Waals surface area contributed by atoms with Gasteiger partial charge in [0.1, 0.15) is 0 Å². The Kier molecular flexibility index (Phi) is 5.97. The van der Waals surface area contributed by atoms with E-state index in [9.17, 15) is 0 Å². The minimum Gasteiger partial charge on any atom is -0.357 e. The Morgan fingerprint density at radius 1 is 1.19 bits per heavy atom. The molecule has 26 heavy (non-hydrogen) atoms. The summed E-state index contributed by atoms with van der Waals surface area (Å²) in [5.74, 6) is 1.87. The van der Waals surface area contributed by atoms with E-state index in [1.54, 1.807) is 13.1 Å². The predicted molar refractivity (Wildman–Crippen MR) is 98.5 cm³/mol. The fourth-order valence-electron chi connectivity index (χ4n) is 2.52. The van der Waals surface area contributed by atoms with Gasteiger partial charge in [0.25, 0.3) is 0 Å². The molecular formula is C18H23N7O. The molecule has 3 aromatic rings. The van der Waals surface area contributed by atoms with Crippen molar-refractivity contribution >= 4 is 5.96 Å². The highest BCUT2D eigenvalue weighted by Crippen LogP contribution is 2.11. The van der Waals surface area contributed by atoms with Gasteiger partial charge in [-0.15, -0.1) is 0 Å². The van der Waals surface area contributed by atoms with Gasteiger partial charge in [-0.05, 0) is 24.1 Å². The van der Waals surface area contributed by atoms with Crippen molar-refractivity contribution in [2.75, 3.05) is 6.54 Å². The van der Waals surface area contributed by atoms with E-state index >= 15 is 0 Å². The Labute approximate surface area is 152 Å². The molecular weight excluding hydrogens is 330 g/mol. The Balaban J connectivity index is 1.67. The van der Waals surface area contributed by atoms with Gasteiger partial charge in [0.2, 0.25) is 5.89 Å². The molecule has 0 atom stereocenters. The summed E-state index contributed by atoms with van der Waals surface area (Å²) in [4.78, 5) is 8.86. The van der Waals surface area contributed by atoms with Crippen LogP contribution < -0.4 is 10.6 Å². The van der Waals surface area contributed by atoms with Crippen LogP contribution in [0.3, 0.4) is 0 Å². The Bertz CT molecular complexity index is 839. The van der Waals surface area contributed by atoms with E-state index in [-0.39, 0.29) is 0 Å². The molecule has 8 heteroatoms. The Hall–Kier alpha value is -3.16. The van der Waals surface area contributed by atoms with Crippen LogP contribution in [0.25, 0.3) is 0 Å². The molecule has 0 aliphatic carbocycles. The van der Waals surface area contributed by atoms with Crippen molar-refractivity contribution in [3.05, 3.63) is 65.6 Å². The largest absolute Gasteiger partial charge is 0.357 e. The summed E-state index contributed by atoms with van der Waals surface area (Å²) in [5.41, 5.74) is 2.36. The predicted octanol–water partition coefficient (Wildman–Crippen LogP) is 1.88. The molecule has 0 amide bonds. The molecule has 0 unspecified atom stereocenters. The third-order valence-electron chi connectivity index (χ3n) is 3.75. The number of aliphatic imine (C=N–C) groups is 1. The van der Waals surface area contributed by atoms with Crippen molar-refractivity contribution in [1.82, 2.24) is 30.6 Å². The molecule has 0 aliphatic rings. The lowest BCUT2D eigenvalue weighted by Gasteiger charge is -2.11. The molecule has 0 saturated carbocycles. The van der Waals surface area contributed by atoms with Crippen molar-refractivity contribution in [2.45, 2.75) is 33.5 Å². The van der Waals surface area contributed by atoms with Crippen LogP contribution in [-0.4, -0.2) is 32.4 Å². The van der Waals surface area contributed by atoms with E-state index in [1.807, 2.05) is 36.0 Å². The number of aryl methyl sites for hydroxylation is 1. The Morgan fingerprint density at radius 3 is 2.73 bits per heavy atom. The molecule has 0 bridgehead atoms. The highest BCUT2D eigenvalue weighted by Gasteiger charge is 2.06. The number of hydrogen-bond acceptors (Lipinski definition) is 5. The maximum absolute atomic E-state index is 4.98. The summed E-state index contributed by atoms with van der Waals surface area (Å²) in [6.07, 6.45) is 3.74. The maximum Gasteiger partial charge on any atom is 0.223 e. The molecule has 0 fully saturated rings. The third-order valence-corrected chi connectivity index (χ3v) is 3.75. The van der Waals surface area contributed by atoms with Crippen molar-refractivity contribution in [3.63, 3.8) is 0 Å². The summed E-state index contributed by atoms with van der Waals surface area (Å²) in [6, 6.07) is 10.2. The van der Waals surface area contributed by atoms with Crippen LogP contribution in [0.5, 0.6) is 0 Å². The number of nitrogens with zero attached hydrogens (tertiary/aromatic N) is 5. The van der Waals surface area contributed by atoms with Gasteiger partial charge < -0.3 is 15.2 Å². The van der Waals surface area contributed by atoms with Crippen molar-refractivity contribution in [1.29, 1.82) is 0 Å². The molecule has 3 rings (SSSR count). The van der Waals surface area contributed by atoms with E-state index in [2.05, 4.69) is 43.0 Å². The van der Waals surface area contributed by atoms with E-state index in [1.165, 1.54) is 5.56 Å². The molecule has 2 N–H and O–H groups in total. The lowest BCUT2D eigenvalue weighted by Crippen LogP contribution is -2.37. The number of guanidine groups is 1. The van der Waals surface area contributed by atoms with Gasteiger partial charge in [0.05, 0.1) is 19.6 Å². The first kappa shape index (κ1) is 17.7. The fraction of sp³-hybridized carbons (Fsp3) is 0.333. The van der Waals surface area contributed by atoms with Crippen molar-refractivity contribution in [3.8, 4) is 0 Å². The summed E-state index contributed by atoms with van der Waals surface area (Å²) < 4.78 is 6.89. The highest BCUT2D eigenvalue weighted by atomic mass is 16.5. The number of nitrogens with one attached hydrogen (secondary N) is 2. The number of aromatic nitrogens is 4. The first-order chi connectivity index (χ1) is 12.7. The molecule has 1 aromatic carbocycles. The normalized spacial score (nSPS) is 11.5. The zero-order valence-electron chi connectivity index (χ0n) is 15.0. The quantitative estimate of drug-likeness (QED) is 0.498. The van der Waals surface area contributed by atoms with Crippen LogP contribution in [0.15, 0.2) is 52.2 Å². The fourth-order valence-corrected chi connectivity index (χ4v) is 2.52. The minimum absolute atomic E-state index is 0.456. The van der Waals surface area contributed by atoms with Gasteiger partial charge in [-0.3, -0.25) is 4.68 Å². The second-order valence-corrected chi connectivity index (χ2v) is 5.75. The minimum atomic E-state index is 0.456. The average molecular weight is 353 g/mol. The second-order valence-electron chi connectivity index (χ2n) is 5.75. The number of hydrogen-bond donors (Lipinski definition) is 2. The van der Waals surface area contributed by atoms with Crippen LogP contribution in [0.1, 0.15) is 29.8 Å². The zero-order chi connectivity index (χ0) is 18.2. The van der Waals surface area contributed by atoms with Gasteiger partial charge in [0, 0.05) is 25.9 Å². The topological polar surface area (TPSA) is 93.2 Å². The van der Waals surface area contributed by atoms with E-state index in [4.69, 9.17) is 4.52 Å². The monoisotopic (exact) mass is 353 g/mol. The number of benzene rings is 1. The Morgan fingerprint density at radius 2 is 2.04 bits per heavy atom. The highest BCUT2D eigenvalue weighted by molar-refractivity contribution is 5.79. The van der Waals surface area contributed by atoms with Gasteiger partial charge in [-0.2, -0.15) is 10.1 Å². The van der Waals surface area contributed by atoms with Crippen molar-refractivity contribution in [2.24, 2.45) is 4.99 Å². The van der Waals surface area contributed by atoms with E-state index < -0.39 is 0 Å². The molecule has 2 aromatic heterocycles. The average Bonchev–Trinajstić information content (AvgIpc) is 3.30. The standard InChI is InChI=1S/C18H23N7O/c1-3-19-18(21-12-17-23-14(2)26-24-17)20-11-15-7-4-5-8-16(15)13-25-10-6-9-22-25/h4-10H,3,11-13H2,1-2H3,(H2,19,20,21). The van der Waals surface area contributed by atoms with Gasteiger partial charge >= 0.3 is 0 Å². The van der Waals surface area contributed by atoms with Crippen LogP contribution in [0.4, 0.5) is 0 Å². The molecule has 8 nitrogen and oxygen atoms in total. The van der Waals surface area contributed by atoms with Gasteiger partial charge in [-0.25, -0.2) is 4.99 Å². The SMILES string of the molecule is CCNC(=NCc1ccccc1Cn1cccn1)NCc1noc(C)n1. The summed E-state index contributed by atoms with van der Waals surface area (Å²) in [6.45, 7) is 6.32. The lowest BCUT2D eigenvalue weighted by atomic mass is 10.1. The first-order valence-electron chi connectivity index (χ1n) is 8.60. The summed E-state index contributed by atoms with van der Waals surface area (Å²) in [5, 5.41) is 14.6. The summed E-state index contributed by atoms with van der Waals surface area (Å²) in [7, 11) is 0. The van der Waals surface area contributed by atoms with E-state index in [0.717, 1.165) is 18.7 Å². The van der Waals surface area contributed by atoms with Crippen LogP contribution in [-0.2, 0) is 19.6 Å². The molecule has 0 spiro atoms. The van der Waals surface area contributed by atoms with E-state index in [0.29, 0.717) is 30.8 Å². The third kappa shape index (κ3) is 4.92. The molecule has 136 valence electrons. The lowest BCUT2D eigenvalue weighted by molar-refractivity contribution is 0.387.